The highest BCUT2D eigenvalue weighted by atomic mass is 16.5. The summed E-state index contributed by atoms with van der Waals surface area (Å²) in [6.45, 7) is 3.15. The van der Waals surface area contributed by atoms with Crippen molar-refractivity contribution in [1.29, 1.82) is 0 Å². The van der Waals surface area contributed by atoms with Gasteiger partial charge < -0.3 is 9.84 Å². The van der Waals surface area contributed by atoms with Crippen molar-refractivity contribution in [3.05, 3.63) is 41.7 Å². The van der Waals surface area contributed by atoms with Crippen LogP contribution in [0.2, 0.25) is 0 Å². The molecule has 0 unspecified atom stereocenters. The summed E-state index contributed by atoms with van der Waals surface area (Å²) < 4.78 is 6.99. The number of unbranched alkanes of at least 4 members (excludes halogenated alkanes) is 1. The molecule has 1 aromatic carbocycles. The Morgan fingerprint density at radius 3 is 2.75 bits per heavy atom. The summed E-state index contributed by atoms with van der Waals surface area (Å²) >= 11 is 0. The third-order valence-corrected chi connectivity index (χ3v) is 2.89. The van der Waals surface area contributed by atoms with Gasteiger partial charge in [-0.2, -0.15) is 0 Å². The monoisotopic (exact) mass is 275 g/mol. The maximum absolute atomic E-state index is 10.9. The van der Waals surface area contributed by atoms with Gasteiger partial charge in [-0.1, -0.05) is 22.9 Å². The number of hydrogen-bond acceptors (Lipinski definition) is 4. The predicted octanol–water partition coefficient (Wildman–Crippen LogP) is 2.14. The minimum atomic E-state index is -1.01. The molecule has 0 amide bonds. The zero-order chi connectivity index (χ0) is 14.4. The number of aromatic carboxylic acids is 1. The number of carboxylic acid groups (broad SMARTS) is 1. The van der Waals surface area contributed by atoms with Crippen molar-refractivity contribution in [3.63, 3.8) is 0 Å². The van der Waals surface area contributed by atoms with E-state index in [-0.39, 0.29) is 5.69 Å². The van der Waals surface area contributed by atoms with E-state index in [1.807, 2.05) is 31.2 Å². The SMILES string of the molecule is Cc1ccc(OCCCCn2nncc2C(=O)O)cc1. The zero-order valence-corrected chi connectivity index (χ0v) is 11.3. The Hall–Kier alpha value is -2.37. The maximum Gasteiger partial charge on any atom is 0.355 e. The number of ether oxygens (including phenoxy) is 1. The van der Waals surface area contributed by atoms with E-state index in [4.69, 9.17) is 9.84 Å². The minimum absolute atomic E-state index is 0.115. The van der Waals surface area contributed by atoms with Crippen molar-refractivity contribution in [1.82, 2.24) is 15.0 Å². The molecule has 20 heavy (non-hydrogen) atoms. The number of benzene rings is 1. The molecule has 2 aromatic rings. The highest BCUT2D eigenvalue weighted by Crippen LogP contribution is 2.12. The minimum Gasteiger partial charge on any atom is -0.494 e. The van der Waals surface area contributed by atoms with E-state index in [0.717, 1.165) is 18.6 Å². The van der Waals surface area contributed by atoms with Crippen LogP contribution in [0.5, 0.6) is 5.75 Å². The Morgan fingerprint density at radius 1 is 1.30 bits per heavy atom. The van der Waals surface area contributed by atoms with Gasteiger partial charge in [0.15, 0.2) is 5.69 Å². The zero-order valence-electron chi connectivity index (χ0n) is 11.3. The van der Waals surface area contributed by atoms with E-state index in [1.54, 1.807) is 0 Å². The van der Waals surface area contributed by atoms with E-state index in [1.165, 1.54) is 16.4 Å². The molecular formula is C14H17N3O3. The van der Waals surface area contributed by atoms with Crippen molar-refractivity contribution >= 4 is 5.97 Å². The number of carboxylic acids is 1. The number of aryl methyl sites for hydroxylation is 2. The molecule has 6 heteroatoms. The summed E-state index contributed by atoms with van der Waals surface area (Å²) in [6, 6.07) is 7.89. The number of aromatic nitrogens is 3. The third kappa shape index (κ3) is 3.81. The van der Waals surface area contributed by atoms with Crippen LogP contribution in [0, 0.1) is 6.92 Å². The van der Waals surface area contributed by atoms with Crippen LogP contribution in [0.25, 0.3) is 0 Å². The van der Waals surface area contributed by atoms with Crippen molar-refractivity contribution in [2.45, 2.75) is 26.3 Å². The van der Waals surface area contributed by atoms with Crippen LogP contribution in [0.3, 0.4) is 0 Å². The van der Waals surface area contributed by atoms with Gasteiger partial charge >= 0.3 is 5.97 Å². The lowest BCUT2D eigenvalue weighted by molar-refractivity contribution is 0.0683. The molecule has 0 saturated heterocycles. The lowest BCUT2D eigenvalue weighted by Crippen LogP contribution is -2.11. The second-order valence-corrected chi connectivity index (χ2v) is 4.52. The summed E-state index contributed by atoms with van der Waals surface area (Å²) in [6.07, 6.45) is 2.87. The standard InChI is InChI=1S/C14H17N3O3/c1-11-4-6-12(7-5-11)20-9-3-2-8-17-13(14(18)19)10-15-16-17/h4-7,10H,2-3,8-9H2,1H3,(H,18,19). The highest BCUT2D eigenvalue weighted by Gasteiger charge is 2.10. The van der Waals surface area contributed by atoms with Gasteiger partial charge in [0.25, 0.3) is 0 Å². The first kappa shape index (κ1) is 14.0. The lowest BCUT2D eigenvalue weighted by Gasteiger charge is -2.07. The molecule has 1 N–H and O–H groups in total. The van der Waals surface area contributed by atoms with Gasteiger partial charge in [-0.3, -0.25) is 0 Å². The van der Waals surface area contributed by atoms with Gasteiger partial charge in [-0.15, -0.1) is 5.10 Å². The van der Waals surface area contributed by atoms with Crippen LogP contribution >= 0.6 is 0 Å². The Balaban J connectivity index is 1.70. The molecule has 0 aliphatic carbocycles. The van der Waals surface area contributed by atoms with Crippen LogP contribution in [-0.2, 0) is 6.54 Å². The lowest BCUT2D eigenvalue weighted by atomic mass is 10.2. The number of rotatable bonds is 7. The fourth-order valence-corrected chi connectivity index (χ4v) is 1.78. The topological polar surface area (TPSA) is 77.2 Å². The van der Waals surface area contributed by atoms with Gasteiger partial charge in [0.2, 0.25) is 0 Å². The molecule has 0 fully saturated rings. The molecule has 0 bridgehead atoms. The number of carbonyl (C=O) groups is 1. The van der Waals surface area contributed by atoms with E-state index < -0.39 is 5.97 Å². The van der Waals surface area contributed by atoms with Gasteiger partial charge in [0.1, 0.15) is 5.75 Å². The molecule has 2 rings (SSSR count). The van der Waals surface area contributed by atoms with Crippen molar-refractivity contribution in [2.24, 2.45) is 0 Å². The average molecular weight is 275 g/mol. The smallest absolute Gasteiger partial charge is 0.355 e. The summed E-state index contributed by atoms with van der Waals surface area (Å²) in [5, 5.41) is 16.2. The van der Waals surface area contributed by atoms with Crippen LogP contribution in [-0.4, -0.2) is 32.7 Å². The van der Waals surface area contributed by atoms with Gasteiger partial charge in [0, 0.05) is 6.54 Å². The van der Waals surface area contributed by atoms with Crippen molar-refractivity contribution in [3.8, 4) is 5.75 Å². The quantitative estimate of drug-likeness (QED) is 0.783. The molecule has 0 atom stereocenters. The molecule has 1 aromatic heterocycles. The summed E-state index contributed by atoms with van der Waals surface area (Å²) in [7, 11) is 0. The summed E-state index contributed by atoms with van der Waals surface area (Å²) in [5.74, 6) is -0.159. The third-order valence-electron chi connectivity index (χ3n) is 2.89. The second kappa shape index (κ2) is 6.70. The van der Waals surface area contributed by atoms with Crippen LogP contribution in [0.15, 0.2) is 30.5 Å². The second-order valence-electron chi connectivity index (χ2n) is 4.52. The number of hydrogen-bond donors (Lipinski definition) is 1. The van der Waals surface area contributed by atoms with Gasteiger partial charge in [-0.25, -0.2) is 9.48 Å². The van der Waals surface area contributed by atoms with Crippen LogP contribution in [0.1, 0.15) is 28.9 Å². The Bertz CT molecular complexity index is 563. The van der Waals surface area contributed by atoms with E-state index >= 15 is 0 Å². The fraction of sp³-hybridized carbons (Fsp3) is 0.357. The molecular weight excluding hydrogens is 258 g/mol. The van der Waals surface area contributed by atoms with Gasteiger partial charge in [0.05, 0.1) is 12.8 Å². The average Bonchev–Trinajstić information content (AvgIpc) is 2.89. The molecule has 0 saturated carbocycles. The van der Waals surface area contributed by atoms with Crippen LogP contribution in [0.4, 0.5) is 0 Å². The van der Waals surface area contributed by atoms with Crippen LogP contribution < -0.4 is 4.74 Å². The van der Waals surface area contributed by atoms with Gasteiger partial charge in [-0.05, 0) is 31.9 Å². The predicted molar refractivity (Wildman–Crippen MR) is 72.9 cm³/mol. The summed E-state index contributed by atoms with van der Waals surface area (Å²) in [5.41, 5.74) is 1.31. The Kier molecular flexibility index (Phi) is 4.70. The van der Waals surface area contributed by atoms with Crippen molar-refractivity contribution in [2.75, 3.05) is 6.61 Å². The van der Waals surface area contributed by atoms with Crippen molar-refractivity contribution < 1.29 is 14.6 Å². The fourth-order valence-electron chi connectivity index (χ4n) is 1.78. The molecule has 0 aliphatic rings. The molecule has 106 valence electrons. The van der Waals surface area contributed by atoms with E-state index in [9.17, 15) is 4.79 Å². The van der Waals surface area contributed by atoms with E-state index in [0.29, 0.717) is 13.2 Å². The largest absolute Gasteiger partial charge is 0.494 e. The first-order valence-electron chi connectivity index (χ1n) is 6.48. The first-order valence-corrected chi connectivity index (χ1v) is 6.48. The maximum atomic E-state index is 10.9. The summed E-state index contributed by atoms with van der Waals surface area (Å²) in [4.78, 5) is 10.9. The molecule has 0 aliphatic heterocycles. The Labute approximate surface area is 117 Å². The molecule has 0 spiro atoms. The Morgan fingerprint density at radius 2 is 2.05 bits per heavy atom. The molecule has 6 nitrogen and oxygen atoms in total. The van der Waals surface area contributed by atoms with E-state index in [2.05, 4.69) is 10.3 Å². The highest BCUT2D eigenvalue weighted by molar-refractivity contribution is 5.85. The first-order chi connectivity index (χ1) is 9.66. The number of nitrogens with zero attached hydrogens (tertiary/aromatic N) is 3. The molecule has 0 radical (unpaired) electrons. The molecule has 1 heterocycles. The normalized spacial score (nSPS) is 10.4.